The highest BCUT2D eigenvalue weighted by Crippen LogP contribution is 2.32. The van der Waals surface area contributed by atoms with Gasteiger partial charge in [-0.25, -0.2) is 27.1 Å². The number of anilines is 2. The van der Waals surface area contributed by atoms with Crippen molar-refractivity contribution in [2.45, 2.75) is 49.4 Å². The SMILES string of the molecule is CC(C)n1cc(-c2ccc(NC(=O)Cc3ccccc3Cl)cc2S(N)(=O)=O)cn1.Cc1nn(C)cc1-c1ccc(NC(=O)Cc2ccccc2Cl)cc1S(N)(=O)=O. The smallest absolute Gasteiger partial charge is 0.238 e. The molecule has 298 valence electrons. The second-order valence-electron chi connectivity index (χ2n) is 13.2. The molecule has 2 amide bonds. The maximum atomic E-state index is 12.4. The molecule has 6 aromatic rings. The van der Waals surface area contributed by atoms with Gasteiger partial charge >= 0.3 is 0 Å². The van der Waals surface area contributed by atoms with Crippen molar-refractivity contribution >= 4 is 66.4 Å². The first kappa shape index (κ1) is 42.8. The van der Waals surface area contributed by atoms with Gasteiger partial charge in [0.1, 0.15) is 0 Å². The fourth-order valence-corrected chi connectivity index (χ4v) is 7.76. The standard InChI is InChI=1S/C20H21ClN4O3S.C19H19ClN4O3S/c1-13(2)25-12-15(11-23-25)17-8-7-16(10-19(17)29(22,27)28)24-20(26)9-14-5-3-4-6-18(14)21;1-12-16(11-24(2)23-12)15-8-7-14(10-18(15)28(21,26)27)22-19(25)9-13-5-3-4-6-17(13)20/h3-8,10-13H,9H2,1-2H3,(H,24,26)(H2,22,27,28);3-8,10-11H,9H2,1-2H3,(H,22,25)(H2,21,26,27). The molecule has 0 unspecified atom stereocenters. The lowest BCUT2D eigenvalue weighted by Crippen LogP contribution is -2.17. The highest BCUT2D eigenvalue weighted by molar-refractivity contribution is 7.89. The van der Waals surface area contributed by atoms with Crippen LogP contribution in [-0.4, -0.2) is 48.2 Å². The van der Waals surface area contributed by atoms with Crippen LogP contribution in [0.3, 0.4) is 0 Å². The minimum absolute atomic E-state index is 0.0628. The Labute approximate surface area is 340 Å². The van der Waals surface area contributed by atoms with Crippen molar-refractivity contribution in [3.05, 3.63) is 130 Å². The van der Waals surface area contributed by atoms with E-state index in [1.807, 2.05) is 13.8 Å². The van der Waals surface area contributed by atoms with Crippen LogP contribution >= 0.6 is 23.2 Å². The Kier molecular flexibility index (Phi) is 13.4. The Bertz CT molecular complexity index is 2680. The molecular formula is C39H40Cl2N8O6S2. The topological polar surface area (TPSA) is 214 Å². The Morgan fingerprint density at radius 1 is 0.719 bits per heavy atom. The lowest BCUT2D eigenvalue weighted by atomic mass is 10.1. The molecule has 57 heavy (non-hydrogen) atoms. The van der Waals surface area contributed by atoms with E-state index in [0.29, 0.717) is 60.5 Å². The van der Waals surface area contributed by atoms with E-state index in [1.165, 1.54) is 12.1 Å². The Balaban J connectivity index is 0.000000218. The number of nitrogens with two attached hydrogens (primary N) is 2. The maximum absolute atomic E-state index is 12.4. The second kappa shape index (κ2) is 17.8. The normalized spacial score (nSPS) is 11.5. The summed E-state index contributed by atoms with van der Waals surface area (Å²) in [6.07, 6.45) is 5.18. The molecule has 0 saturated carbocycles. The molecule has 0 aliphatic carbocycles. The number of nitrogens with one attached hydrogen (secondary N) is 2. The van der Waals surface area contributed by atoms with Crippen molar-refractivity contribution in [1.82, 2.24) is 19.6 Å². The summed E-state index contributed by atoms with van der Waals surface area (Å²) in [4.78, 5) is 24.5. The number of amides is 2. The summed E-state index contributed by atoms with van der Waals surface area (Å²) >= 11 is 12.2. The molecule has 0 bridgehead atoms. The third kappa shape index (κ3) is 11.2. The van der Waals surface area contributed by atoms with E-state index >= 15 is 0 Å². The molecule has 0 fully saturated rings. The average molecular weight is 852 g/mol. The molecule has 0 atom stereocenters. The fraction of sp³-hybridized carbons (Fsp3) is 0.179. The van der Waals surface area contributed by atoms with Gasteiger partial charge in [0.15, 0.2) is 0 Å². The molecule has 0 radical (unpaired) electrons. The number of sulfonamides is 2. The Morgan fingerprint density at radius 3 is 1.61 bits per heavy atom. The number of benzene rings is 4. The first-order chi connectivity index (χ1) is 26.8. The van der Waals surface area contributed by atoms with Gasteiger partial charge in [0, 0.05) is 69.2 Å². The molecule has 0 spiro atoms. The van der Waals surface area contributed by atoms with Crippen LogP contribution in [0.15, 0.2) is 113 Å². The van der Waals surface area contributed by atoms with Crippen LogP contribution in [-0.2, 0) is 49.5 Å². The molecule has 0 aliphatic heterocycles. The van der Waals surface area contributed by atoms with E-state index in [1.54, 1.807) is 115 Å². The van der Waals surface area contributed by atoms with Gasteiger partial charge in [0.2, 0.25) is 31.9 Å². The van der Waals surface area contributed by atoms with Gasteiger partial charge in [0.25, 0.3) is 0 Å². The Hall–Kier alpha value is -5.36. The highest BCUT2D eigenvalue weighted by Gasteiger charge is 2.21. The molecule has 2 heterocycles. The zero-order chi connectivity index (χ0) is 41.7. The molecule has 0 saturated heterocycles. The van der Waals surface area contributed by atoms with Crippen molar-refractivity contribution in [3.8, 4) is 22.3 Å². The van der Waals surface area contributed by atoms with Crippen LogP contribution in [0.1, 0.15) is 36.7 Å². The predicted molar refractivity (Wildman–Crippen MR) is 222 cm³/mol. The lowest BCUT2D eigenvalue weighted by Gasteiger charge is -2.11. The van der Waals surface area contributed by atoms with Crippen molar-refractivity contribution < 1.29 is 26.4 Å². The number of hydrogen-bond donors (Lipinski definition) is 4. The summed E-state index contributed by atoms with van der Waals surface area (Å²) in [5, 5.41) is 25.7. The van der Waals surface area contributed by atoms with Crippen molar-refractivity contribution in [3.63, 3.8) is 0 Å². The monoisotopic (exact) mass is 850 g/mol. The molecule has 14 nitrogen and oxygen atoms in total. The van der Waals surface area contributed by atoms with Crippen LogP contribution in [0, 0.1) is 6.92 Å². The number of carbonyl (C=O) groups excluding carboxylic acids is 2. The molecule has 18 heteroatoms. The molecule has 6 rings (SSSR count). The zero-order valence-corrected chi connectivity index (χ0v) is 34.4. The number of nitrogens with zero attached hydrogens (tertiary/aromatic N) is 4. The van der Waals surface area contributed by atoms with Crippen LogP contribution < -0.4 is 20.9 Å². The third-order valence-electron chi connectivity index (χ3n) is 8.51. The summed E-state index contributed by atoms with van der Waals surface area (Å²) in [5.74, 6) is -0.641. The summed E-state index contributed by atoms with van der Waals surface area (Å²) in [6.45, 7) is 5.71. The molecule has 4 aromatic carbocycles. The third-order valence-corrected chi connectivity index (χ3v) is 11.1. The Morgan fingerprint density at radius 2 is 1.19 bits per heavy atom. The number of rotatable bonds is 11. The van der Waals surface area contributed by atoms with Gasteiger partial charge in [-0.15, -0.1) is 0 Å². The number of primary sulfonamides is 2. The first-order valence-corrected chi connectivity index (χ1v) is 21.1. The summed E-state index contributed by atoms with van der Waals surface area (Å²) in [7, 11) is -6.30. The van der Waals surface area contributed by atoms with Crippen molar-refractivity contribution in [2.24, 2.45) is 17.3 Å². The lowest BCUT2D eigenvalue weighted by molar-refractivity contribution is -0.116. The maximum Gasteiger partial charge on any atom is 0.238 e. The van der Waals surface area contributed by atoms with Crippen molar-refractivity contribution in [1.29, 1.82) is 0 Å². The molecule has 0 aliphatic rings. The van der Waals surface area contributed by atoms with Gasteiger partial charge in [-0.3, -0.25) is 19.0 Å². The number of hydrogen-bond acceptors (Lipinski definition) is 8. The van der Waals surface area contributed by atoms with E-state index in [4.69, 9.17) is 33.5 Å². The largest absolute Gasteiger partial charge is 0.326 e. The summed E-state index contributed by atoms with van der Waals surface area (Å²) in [6, 6.07) is 23.3. The van der Waals surface area contributed by atoms with Gasteiger partial charge in [0.05, 0.1) is 34.5 Å². The summed E-state index contributed by atoms with van der Waals surface area (Å²) < 4.78 is 51.9. The molecular weight excluding hydrogens is 812 g/mol. The molecule has 2 aromatic heterocycles. The van der Waals surface area contributed by atoms with Gasteiger partial charge < -0.3 is 10.6 Å². The van der Waals surface area contributed by atoms with E-state index in [9.17, 15) is 26.4 Å². The number of carbonyl (C=O) groups is 2. The summed E-state index contributed by atoms with van der Waals surface area (Å²) in [5.41, 5.74) is 4.80. The van der Waals surface area contributed by atoms with Crippen LogP contribution in [0.5, 0.6) is 0 Å². The minimum atomic E-state index is -4.03. The number of aryl methyl sites for hydroxylation is 2. The van der Waals surface area contributed by atoms with Crippen molar-refractivity contribution in [2.75, 3.05) is 10.6 Å². The van der Waals surface area contributed by atoms with Crippen LogP contribution in [0.25, 0.3) is 22.3 Å². The van der Waals surface area contributed by atoms with E-state index in [2.05, 4.69) is 20.8 Å². The second-order valence-corrected chi connectivity index (χ2v) is 17.1. The minimum Gasteiger partial charge on any atom is -0.326 e. The number of halogens is 2. The van der Waals surface area contributed by atoms with Crippen LogP contribution in [0.4, 0.5) is 11.4 Å². The van der Waals surface area contributed by atoms with Crippen LogP contribution in [0.2, 0.25) is 10.0 Å². The highest BCUT2D eigenvalue weighted by atomic mass is 35.5. The predicted octanol–water partition coefficient (Wildman–Crippen LogP) is 6.49. The number of aromatic nitrogens is 4. The fourth-order valence-electron chi connectivity index (χ4n) is 5.80. The quantitative estimate of drug-likeness (QED) is 0.113. The average Bonchev–Trinajstić information content (AvgIpc) is 3.76. The van der Waals surface area contributed by atoms with E-state index in [-0.39, 0.29) is 40.5 Å². The molecule has 6 N–H and O–H groups in total. The zero-order valence-electron chi connectivity index (χ0n) is 31.3. The first-order valence-electron chi connectivity index (χ1n) is 17.3. The van der Waals surface area contributed by atoms with Gasteiger partial charge in [-0.1, -0.05) is 71.7 Å². The van der Waals surface area contributed by atoms with Gasteiger partial charge in [-0.05, 0) is 68.3 Å². The van der Waals surface area contributed by atoms with E-state index < -0.39 is 20.0 Å². The van der Waals surface area contributed by atoms with E-state index in [0.717, 1.165) is 0 Å². The van der Waals surface area contributed by atoms with Gasteiger partial charge in [-0.2, -0.15) is 10.2 Å².